The van der Waals surface area contributed by atoms with Crippen LogP contribution in [0, 0.1) is 6.92 Å². The first-order valence-corrected chi connectivity index (χ1v) is 10.7. The molecule has 128 valence electrons. The van der Waals surface area contributed by atoms with Gasteiger partial charge in [0.25, 0.3) is 0 Å². The van der Waals surface area contributed by atoms with E-state index in [1.165, 1.54) is 57.0 Å². The van der Waals surface area contributed by atoms with Gasteiger partial charge in [0.2, 0.25) is 0 Å². The second-order valence-corrected chi connectivity index (χ2v) is 9.24. The Bertz CT molecular complexity index is 1470. The van der Waals surface area contributed by atoms with Crippen LogP contribution in [0.15, 0.2) is 78.9 Å². The van der Waals surface area contributed by atoms with E-state index in [9.17, 15) is 0 Å². The smallest absolute Gasteiger partial charge is 0.0542 e. The summed E-state index contributed by atoms with van der Waals surface area (Å²) < 4.78 is 5.62. The van der Waals surface area contributed by atoms with Crippen LogP contribution in [-0.4, -0.2) is 0 Å². The third-order valence-electron chi connectivity index (χ3n) is 5.30. The summed E-state index contributed by atoms with van der Waals surface area (Å²) in [6.45, 7) is 2.16. The molecule has 0 aliphatic rings. The molecule has 0 spiro atoms. The standard InChI is InChI=1S/C25H16S2/c1-15-7-8-18-14-23-21(13-19(18)11-15)25-24(27-23)20-12-17(9-10-22(20)26-25)16-5-3-2-4-6-16/h2-14H,1H3. The SMILES string of the molecule is Cc1ccc2cc3sc4c5cc(-c6ccccc6)ccc5sc4c3cc2c1. The van der Waals surface area contributed by atoms with Crippen molar-refractivity contribution < 1.29 is 0 Å². The summed E-state index contributed by atoms with van der Waals surface area (Å²) in [5, 5.41) is 5.45. The van der Waals surface area contributed by atoms with Gasteiger partial charge in [-0.1, -0.05) is 60.2 Å². The summed E-state index contributed by atoms with van der Waals surface area (Å²) in [7, 11) is 0. The molecular formula is C25H16S2. The lowest BCUT2D eigenvalue weighted by Gasteiger charge is -2.01. The third kappa shape index (κ3) is 2.34. The van der Waals surface area contributed by atoms with Crippen LogP contribution in [0.2, 0.25) is 0 Å². The van der Waals surface area contributed by atoms with Crippen molar-refractivity contribution in [2.75, 3.05) is 0 Å². The Labute approximate surface area is 165 Å². The van der Waals surface area contributed by atoms with Gasteiger partial charge < -0.3 is 0 Å². The van der Waals surface area contributed by atoms with E-state index in [-0.39, 0.29) is 0 Å². The van der Waals surface area contributed by atoms with E-state index >= 15 is 0 Å². The Hall–Kier alpha value is -2.68. The molecule has 0 radical (unpaired) electrons. The Morgan fingerprint density at radius 2 is 1.33 bits per heavy atom. The molecule has 0 amide bonds. The summed E-state index contributed by atoms with van der Waals surface area (Å²) in [4.78, 5) is 0. The number of aryl methyl sites for hydroxylation is 1. The third-order valence-corrected chi connectivity index (χ3v) is 7.82. The highest BCUT2D eigenvalue weighted by atomic mass is 32.1. The predicted octanol–water partition coefficient (Wildman–Crippen LogP) is 8.40. The van der Waals surface area contributed by atoms with Crippen LogP contribution >= 0.6 is 22.7 Å². The van der Waals surface area contributed by atoms with Crippen molar-refractivity contribution >= 4 is 63.0 Å². The van der Waals surface area contributed by atoms with Crippen LogP contribution in [-0.2, 0) is 0 Å². The molecule has 4 aromatic carbocycles. The quantitative estimate of drug-likeness (QED) is 0.269. The zero-order valence-electron chi connectivity index (χ0n) is 14.8. The van der Waals surface area contributed by atoms with Gasteiger partial charge in [0.05, 0.1) is 9.40 Å². The molecule has 0 atom stereocenters. The van der Waals surface area contributed by atoms with Gasteiger partial charge in [0.1, 0.15) is 0 Å². The van der Waals surface area contributed by atoms with Gasteiger partial charge in [-0.05, 0) is 53.1 Å². The molecule has 0 N–H and O–H groups in total. The molecule has 27 heavy (non-hydrogen) atoms. The number of benzene rings is 4. The average Bonchev–Trinajstić information content (AvgIpc) is 3.22. The van der Waals surface area contributed by atoms with E-state index in [4.69, 9.17) is 0 Å². The van der Waals surface area contributed by atoms with Crippen molar-refractivity contribution in [1.29, 1.82) is 0 Å². The van der Waals surface area contributed by atoms with Gasteiger partial charge >= 0.3 is 0 Å². The highest BCUT2D eigenvalue weighted by Gasteiger charge is 2.13. The first-order valence-electron chi connectivity index (χ1n) is 9.11. The minimum atomic E-state index is 1.28. The maximum Gasteiger partial charge on any atom is 0.0542 e. The van der Waals surface area contributed by atoms with Gasteiger partial charge in [-0.15, -0.1) is 22.7 Å². The fourth-order valence-electron chi connectivity index (χ4n) is 3.93. The predicted molar refractivity (Wildman–Crippen MR) is 122 cm³/mol. The maximum absolute atomic E-state index is 2.38. The maximum atomic E-state index is 2.38. The summed E-state index contributed by atoms with van der Waals surface area (Å²) >= 11 is 3.86. The van der Waals surface area contributed by atoms with Crippen molar-refractivity contribution in [3.05, 3.63) is 84.4 Å². The second kappa shape index (κ2) is 5.66. The Kier molecular flexibility index (Phi) is 3.22. The zero-order valence-corrected chi connectivity index (χ0v) is 16.5. The molecule has 0 fully saturated rings. The number of rotatable bonds is 1. The van der Waals surface area contributed by atoms with Crippen LogP contribution in [0.3, 0.4) is 0 Å². The Balaban J connectivity index is 1.67. The molecular weight excluding hydrogens is 364 g/mol. The number of fused-ring (bicyclic) bond motifs is 6. The van der Waals surface area contributed by atoms with Crippen molar-refractivity contribution in [3.63, 3.8) is 0 Å². The van der Waals surface area contributed by atoms with Crippen LogP contribution < -0.4 is 0 Å². The molecule has 0 nitrogen and oxygen atoms in total. The molecule has 0 saturated carbocycles. The molecule has 0 unspecified atom stereocenters. The van der Waals surface area contributed by atoms with Gasteiger partial charge in [0, 0.05) is 20.2 Å². The molecule has 6 aromatic rings. The lowest BCUT2D eigenvalue weighted by atomic mass is 10.0. The summed E-state index contributed by atoms with van der Waals surface area (Å²) in [5.41, 5.74) is 3.89. The minimum absolute atomic E-state index is 1.28. The van der Waals surface area contributed by atoms with Crippen molar-refractivity contribution in [2.24, 2.45) is 0 Å². The minimum Gasteiger partial charge on any atom is -0.134 e. The van der Waals surface area contributed by atoms with Crippen LogP contribution in [0.4, 0.5) is 0 Å². The van der Waals surface area contributed by atoms with Crippen molar-refractivity contribution in [3.8, 4) is 11.1 Å². The highest BCUT2D eigenvalue weighted by Crippen LogP contribution is 2.46. The molecule has 2 heterocycles. The average molecular weight is 381 g/mol. The van der Waals surface area contributed by atoms with Crippen molar-refractivity contribution in [2.45, 2.75) is 6.92 Å². The summed E-state index contributed by atoms with van der Waals surface area (Å²) in [5.74, 6) is 0. The molecule has 0 aliphatic heterocycles. The fraction of sp³-hybridized carbons (Fsp3) is 0.0400. The number of thiophene rings is 2. The molecule has 0 aliphatic carbocycles. The summed E-state index contributed by atoms with van der Waals surface area (Å²) in [6.07, 6.45) is 0. The number of hydrogen-bond acceptors (Lipinski definition) is 2. The van der Waals surface area contributed by atoms with E-state index in [1.54, 1.807) is 0 Å². The summed E-state index contributed by atoms with van der Waals surface area (Å²) in [6, 6.07) is 29.0. The van der Waals surface area contributed by atoms with E-state index in [0.29, 0.717) is 0 Å². The molecule has 0 bridgehead atoms. The van der Waals surface area contributed by atoms with Gasteiger partial charge in [-0.25, -0.2) is 0 Å². The lowest BCUT2D eigenvalue weighted by Crippen LogP contribution is -1.75. The van der Waals surface area contributed by atoms with Gasteiger partial charge in [-0.3, -0.25) is 0 Å². The highest BCUT2D eigenvalue weighted by molar-refractivity contribution is 7.36. The van der Waals surface area contributed by atoms with Gasteiger partial charge in [-0.2, -0.15) is 0 Å². The van der Waals surface area contributed by atoms with Crippen molar-refractivity contribution in [1.82, 2.24) is 0 Å². The normalized spacial score (nSPS) is 11.9. The van der Waals surface area contributed by atoms with E-state index in [2.05, 4.69) is 85.8 Å². The van der Waals surface area contributed by atoms with E-state index < -0.39 is 0 Å². The molecule has 2 heteroatoms. The first kappa shape index (κ1) is 15.4. The van der Waals surface area contributed by atoms with E-state index in [0.717, 1.165) is 0 Å². The zero-order chi connectivity index (χ0) is 18.0. The lowest BCUT2D eigenvalue weighted by molar-refractivity contribution is 1.51. The van der Waals surface area contributed by atoms with E-state index in [1.807, 2.05) is 22.7 Å². The Morgan fingerprint density at radius 3 is 2.19 bits per heavy atom. The number of hydrogen-bond donors (Lipinski definition) is 0. The van der Waals surface area contributed by atoms with Crippen LogP contribution in [0.5, 0.6) is 0 Å². The van der Waals surface area contributed by atoms with Crippen LogP contribution in [0.25, 0.3) is 51.5 Å². The fourth-order valence-corrected chi connectivity index (χ4v) is 6.58. The largest absolute Gasteiger partial charge is 0.134 e. The molecule has 6 rings (SSSR count). The first-order chi connectivity index (χ1) is 13.3. The van der Waals surface area contributed by atoms with Gasteiger partial charge in [0.15, 0.2) is 0 Å². The second-order valence-electron chi connectivity index (χ2n) is 7.14. The molecule has 2 aromatic heterocycles. The Morgan fingerprint density at radius 1 is 0.556 bits per heavy atom. The van der Waals surface area contributed by atoms with Crippen LogP contribution in [0.1, 0.15) is 5.56 Å². The molecule has 0 saturated heterocycles. The topological polar surface area (TPSA) is 0 Å². The monoisotopic (exact) mass is 380 g/mol.